The van der Waals surface area contributed by atoms with E-state index in [2.05, 4.69) is 15.6 Å². The van der Waals surface area contributed by atoms with E-state index >= 15 is 0 Å². The Balaban J connectivity index is 1.27. The Labute approximate surface area is 243 Å². The van der Waals surface area contributed by atoms with E-state index in [-0.39, 0.29) is 24.4 Å². The quantitative estimate of drug-likeness (QED) is 0.199. The number of anilines is 1. The lowest BCUT2D eigenvalue weighted by Gasteiger charge is -2.26. The van der Waals surface area contributed by atoms with Crippen molar-refractivity contribution in [1.82, 2.24) is 15.2 Å². The molecule has 2 N–H and O–H groups in total. The number of thiocarbonyl (C=S) groups is 1. The number of carbonyl (C=O) groups excluding carboxylic acids is 1. The molecular weight excluding hydrogens is 540 g/mol. The first-order chi connectivity index (χ1) is 19.5. The van der Waals surface area contributed by atoms with Gasteiger partial charge in [0.15, 0.2) is 5.11 Å². The van der Waals surface area contributed by atoms with Crippen LogP contribution in [0.5, 0.6) is 0 Å². The van der Waals surface area contributed by atoms with E-state index < -0.39 is 0 Å². The van der Waals surface area contributed by atoms with Crippen LogP contribution in [-0.4, -0.2) is 27.4 Å². The summed E-state index contributed by atoms with van der Waals surface area (Å²) in [7, 11) is 0. The smallest absolute Gasteiger partial charge is 0.226 e. The fourth-order valence-corrected chi connectivity index (χ4v) is 5.76. The number of halogens is 1. The molecule has 6 nitrogen and oxygen atoms in total. The molecule has 0 aliphatic carbocycles. The van der Waals surface area contributed by atoms with Gasteiger partial charge in [0.25, 0.3) is 0 Å². The minimum Gasteiger partial charge on any atom is -0.459 e. The maximum atomic E-state index is 13.1. The van der Waals surface area contributed by atoms with Crippen molar-refractivity contribution in [2.45, 2.75) is 25.4 Å². The van der Waals surface area contributed by atoms with Crippen molar-refractivity contribution in [3.63, 3.8) is 0 Å². The summed E-state index contributed by atoms with van der Waals surface area (Å²) < 4.78 is 6.44. The van der Waals surface area contributed by atoms with E-state index in [4.69, 9.17) is 28.2 Å². The molecule has 0 spiro atoms. The van der Waals surface area contributed by atoms with Gasteiger partial charge in [-0.3, -0.25) is 9.78 Å². The van der Waals surface area contributed by atoms with E-state index in [0.717, 1.165) is 44.8 Å². The Bertz CT molecular complexity index is 1700. The third-order valence-corrected chi connectivity index (χ3v) is 8.05. The first-order valence-electron chi connectivity index (χ1n) is 13.1. The van der Waals surface area contributed by atoms with Crippen molar-refractivity contribution in [2.75, 3.05) is 11.9 Å². The lowest BCUT2D eigenvalue weighted by Crippen LogP contribution is -2.32. The number of benzene rings is 3. The molecule has 1 aliphatic heterocycles. The lowest BCUT2D eigenvalue weighted by atomic mass is 10.0. The Hall–Kier alpha value is -4.20. The molecule has 6 rings (SSSR count). The lowest BCUT2D eigenvalue weighted by molar-refractivity contribution is -0.116. The molecule has 3 heterocycles. The number of pyridine rings is 1. The van der Waals surface area contributed by atoms with Gasteiger partial charge in [0, 0.05) is 40.8 Å². The maximum absolute atomic E-state index is 13.1. The molecule has 5 aromatic rings. The SMILES string of the molecule is Cc1c(Cl)cccc1-c1ccc(C2C(c3ccccn3)NC(=S)N2CCC(=O)Nc2cccc3ccccc23)o1. The van der Waals surface area contributed by atoms with Gasteiger partial charge < -0.3 is 20.0 Å². The summed E-state index contributed by atoms with van der Waals surface area (Å²) in [5, 5.41) is 9.81. The van der Waals surface area contributed by atoms with Crippen LogP contribution in [0.2, 0.25) is 5.02 Å². The highest BCUT2D eigenvalue weighted by atomic mass is 35.5. The molecule has 0 radical (unpaired) electrons. The number of nitrogens with zero attached hydrogens (tertiary/aromatic N) is 2. The third-order valence-electron chi connectivity index (χ3n) is 7.29. The van der Waals surface area contributed by atoms with Gasteiger partial charge in [0.05, 0.1) is 11.7 Å². The number of amides is 1. The number of hydrogen-bond donors (Lipinski definition) is 2. The van der Waals surface area contributed by atoms with E-state index in [0.29, 0.717) is 16.7 Å². The fourth-order valence-electron chi connectivity index (χ4n) is 5.26. The van der Waals surface area contributed by atoms with Crippen LogP contribution in [0.3, 0.4) is 0 Å². The number of fused-ring (bicyclic) bond motifs is 1. The second kappa shape index (κ2) is 11.1. The number of rotatable bonds is 7. The van der Waals surface area contributed by atoms with Crippen molar-refractivity contribution >= 4 is 51.3 Å². The van der Waals surface area contributed by atoms with Crippen LogP contribution < -0.4 is 10.6 Å². The molecule has 2 aromatic heterocycles. The normalized spacial score (nSPS) is 16.8. The molecule has 8 heteroatoms. The number of aromatic nitrogens is 1. The van der Waals surface area contributed by atoms with Crippen molar-refractivity contribution in [1.29, 1.82) is 0 Å². The van der Waals surface area contributed by atoms with Gasteiger partial charge >= 0.3 is 0 Å². The minimum absolute atomic E-state index is 0.0890. The number of hydrogen-bond acceptors (Lipinski definition) is 4. The molecule has 0 bridgehead atoms. The number of nitrogens with one attached hydrogen (secondary N) is 2. The molecule has 1 fully saturated rings. The molecule has 2 atom stereocenters. The maximum Gasteiger partial charge on any atom is 0.226 e. The monoisotopic (exact) mass is 566 g/mol. The van der Waals surface area contributed by atoms with Gasteiger partial charge in [0.1, 0.15) is 17.6 Å². The van der Waals surface area contributed by atoms with Gasteiger partial charge in [-0.2, -0.15) is 0 Å². The van der Waals surface area contributed by atoms with Crippen LogP contribution >= 0.6 is 23.8 Å². The molecule has 1 amide bonds. The van der Waals surface area contributed by atoms with Crippen LogP contribution in [-0.2, 0) is 4.79 Å². The van der Waals surface area contributed by atoms with Crippen LogP contribution in [0, 0.1) is 6.92 Å². The predicted octanol–water partition coefficient (Wildman–Crippen LogP) is 7.46. The molecule has 1 aliphatic rings. The van der Waals surface area contributed by atoms with E-state index in [1.54, 1.807) is 6.20 Å². The molecule has 200 valence electrons. The largest absolute Gasteiger partial charge is 0.459 e. The van der Waals surface area contributed by atoms with Crippen molar-refractivity contribution in [2.24, 2.45) is 0 Å². The summed E-state index contributed by atoms with van der Waals surface area (Å²) in [6, 6.07) is 28.9. The van der Waals surface area contributed by atoms with Gasteiger partial charge in [-0.1, -0.05) is 66.2 Å². The summed E-state index contributed by atoms with van der Waals surface area (Å²) >= 11 is 12.2. The Morgan fingerprint density at radius 2 is 1.82 bits per heavy atom. The summed E-state index contributed by atoms with van der Waals surface area (Å²) in [4.78, 5) is 19.7. The Morgan fingerprint density at radius 3 is 2.67 bits per heavy atom. The van der Waals surface area contributed by atoms with E-state index in [9.17, 15) is 4.79 Å². The topological polar surface area (TPSA) is 70.4 Å². The third kappa shape index (κ3) is 5.06. The number of furan rings is 1. The molecule has 0 saturated carbocycles. The standard InChI is InChI=1S/C32H27ClN4O2S/c1-20-22(11-7-12-24(20)33)27-15-16-28(39-27)31-30(26-13-4-5-18-34-26)36-32(40)37(31)19-17-29(38)35-25-14-6-9-21-8-2-3-10-23(21)25/h2-16,18,30-31H,17,19H2,1H3,(H,35,38)(H,36,40). The van der Waals surface area contributed by atoms with Gasteiger partial charge in [-0.05, 0) is 66.5 Å². The van der Waals surface area contributed by atoms with Gasteiger partial charge in [-0.25, -0.2) is 0 Å². The second-order valence-corrected chi connectivity index (χ2v) is 10.6. The predicted molar refractivity (Wildman–Crippen MR) is 163 cm³/mol. The number of carbonyl (C=O) groups is 1. The van der Waals surface area contributed by atoms with Crippen LogP contribution in [0.25, 0.3) is 22.1 Å². The summed E-state index contributed by atoms with van der Waals surface area (Å²) in [6.07, 6.45) is 2.01. The zero-order chi connectivity index (χ0) is 27.6. The second-order valence-electron chi connectivity index (χ2n) is 9.76. The van der Waals surface area contributed by atoms with E-state index in [1.165, 1.54) is 0 Å². The zero-order valence-electron chi connectivity index (χ0n) is 21.8. The summed E-state index contributed by atoms with van der Waals surface area (Å²) in [6.45, 7) is 2.38. The van der Waals surface area contributed by atoms with E-state index in [1.807, 2.05) is 103 Å². The molecule has 40 heavy (non-hydrogen) atoms. The average Bonchev–Trinajstić information content (AvgIpc) is 3.58. The van der Waals surface area contributed by atoms with Crippen molar-refractivity contribution < 1.29 is 9.21 Å². The Kier molecular flexibility index (Phi) is 7.24. The highest BCUT2D eigenvalue weighted by molar-refractivity contribution is 7.80. The average molecular weight is 567 g/mol. The fraction of sp³-hybridized carbons (Fsp3) is 0.156. The summed E-state index contributed by atoms with van der Waals surface area (Å²) in [5.41, 5.74) is 3.52. The zero-order valence-corrected chi connectivity index (χ0v) is 23.4. The minimum atomic E-state index is -0.291. The van der Waals surface area contributed by atoms with Crippen LogP contribution in [0.15, 0.2) is 102 Å². The van der Waals surface area contributed by atoms with Gasteiger partial charge in [-0.15, -0.1) is 0 Å². The molecule has 3 aromatic carbocycles. The highest BCUT2D eigenvalue weighted by Gasteiger charge is 2.41. The molecular formula is C32H27ClN4O2S. The highest BCUT2D eigenvalue weighted by Crippen LogP contribution is 2.41. The molecule has 1 saturated heterocycles. The van der Waals surface area contributed by atoms with Gasteiger partial charge in [0.2, 0.25) is 5.91 Å². The Morgan fingerprint density at radius 1 is 1.02 bits per heavy atom. The van der Waals surface area contributed by atoms with Crippen LogP contribution in [0.4, 0.5) is 5.69 Å². The van der Waals surface area contributed by atoms with Crippen molar-refractivity contribution in [3.05, 3.63) is 119 Å². The molecule has 2 unspecified atom stereocenters. The first kappa shape index (κ1) is 26.0. The summed E-state index contributed by atoms with van der Waals surface area (Å²) in [5.74, 6) is 1.36. The first-order valence-corrected chi connectivity index (χ1v) is 13.9. The van der Waals surface area contributed by atoms with Crippen molar-refractivity contribution in [3.8, 4) is 11.3 Å². The van der Waals surface area contributed by atoms with Crippen LogP contribution in [0.1, 0.15) is 35.5 Å².